The number of amides is 3. The molecule has 412 valence electrons. The molecule has 3 N–H and O–H groups in total. The number of anilines is 2. The molecule has 6 rings (SSSR count). The normalized spacial score (nSPS) is 14.5. The number of carbonyl (C=O) groups excluding carboxylic acids is 4. The first-order valence-electron chi connectivity index (χ1n) is 24.5. The van der Waals surface area contributed by atoms with Crippen LogP contribution in [0.15, 0.2) is 70.7 Å². The van der Waals surface area contributed by atoms with Gasteiger partial charge in [-0.3, -0.25) is 19.2 Å². The average molecular weight is 1100 g/mol. The lowest BCUT2D eigenvalue weighted by molar-refractivity contribution is -0.116. The van der Waals surface area contributed by atoms with Crippen LogP contribution in [0.25, 0.3) is 0 Å². The van der Waals surface area contributed by atoms with Gasteiger partial charge in [-0.2, -0.15) is 0 Å². The Hall–Kier alpha value is -5.75. The zero-order valence-electron chi connectivity index (χ0n) is 45.3. The molecule has 0 spiro atoms. The van der Waals surface area contributed by atoms with Crippen LogP contribution in [0.2, 0.25) is 0 Å². The van der Waals surface area contributed by atoms with Gasteiger partial charge >= 0.3 is 0 Å². The summed E-state index contributed by atoms with van der Waals surface area (Å²) < 4.78 is 63.9. The molecule has 3 amide bonds. The first-order valence-corrected chi connectivity index (χ1v) is 27.8. The second-order valence-electron chi connectivity index (χ2n) is 19.1. The molecule has 2 aliphatic rings. The monoisotopic (exact) mass is 1100 g/mol. The fraction of sp³-hybridized carbons (Fsp3) is 0.500. The summed E-state index contributed by atoms with van der Waals surface area (Å²) in [6.45, 7) is 9.89. The number of sulfonamides is 2. The quantitative estimate of drug-likeness (QED) is 0.125. The number of likely N-dealkylation sites (tertiary alicyclic amines) is 2. The number of halogens is 1. The van der Waals surface area contributed by atoms with Crippen molar-refractivity contribution in [2.75, 3.05) is 107 Å². The Labute approximate surface area is 448 Å². The molecular formula is C52H75ClN10O10S2. The summed E-state index contributed by atoms with van der Waals surface area (Å²) in [5.41, 5.74) is 9.76. The third-order valence-corrected chi connectivity index (χ3v) is 17.7. The van der Waals surface area contributed by atoms with E-state index in [1.807, 2.05) is 9.80 Å². The smallest absolute Gasteiger partial charge is 0.272 e. The van der Waals surface area contributed by atoms with E-state index in [9.17, 15) is 36.0 Å². The number of benzene rings is 2. The maximum absolute atomic E-state index is 13.1. The van der Waals surface area contributed by atoms with E-state index in [2.05, 4.69) is 53.3 Å². The topological polar surface area (TPSA) is 238 Å². The van der Waals surface area contributed by atoms with Crippen LogP contribution >= 0.6 is 11.6 Å². The first-order chi connectivity index (χ1) is 35.2. The van der Waals surface area contributed by atoms with E-state index in [0.29, 0.717) is 81.7 Å². The Kier molecular flexibility index (Phi) is 23.0. The highest BCUT2D eigenvalue weighted by molar-refractivity contribution is 7.89. The number of ether oxygens (including phenoxy) is 2. The molecule has 0 unspecified atom stereocenters. The van der Waals surface area contributed by atoms with Crippen molar-refractivity contribution >= 4 is 66.0 Å². The molecule has 2 aliphatic heterocycles. The number of aromatic nitrogens is 2. The number of nitrogens with one attached hydrogen (secondary N) is 1. The highest BCUT2D eigenvalue weighted by Gasteiger charge is 2.29. The lowest BCUT2D eigenvalue weighted by Crippen LogP contribution is -2.44. The average Bonchev–Trinajstić information content (AvgIpc) is 3.36. The summed E-state index contributed by atoms with van der Waals surface area (Å²) in [5, 5.41) is 2.16. The van der Waals surface area contributed by atoms with Crippen molar-refractivity contribution < 1.29 is 45.5 Å². The van der Waals surface area contributed by atoms with Gasteiger partial charge in [0.2, 0.25) is 31.2 Å². The second kappa shape index (κ2) is 27.9. The lowest BCUT2D eigenvalue weighted by Gasteiger charge is -2.35. The Morgan fingerprint density at radius 2 is 1.00 bits per heavy atom. The van der Waals surface area contributed by atoms with E-state index >= 15 is 0 Å². The molecule has 20 nitrogen and oxygen atoms in total. The van der Waals surface area contributed by atoms with E-state index < -0.39 is 25.3 Å². The number of rotatable bonds is 17. The zero-order valence-corrected chi connectivity index (χ0v) is 47.7. The van der Waals surface area contributed by atoms with Crippen molar-refractivity contribution in [3.63, 3.8) is 0 Å². The van der Waals surface area contributed by atoms with E-state index in [1.165, 1.54) is 45.0 Å². The van der Waals surface area contributed by atoms with Gasteiger partial charge in [-0.25, -0.2) is 35.4 Å². The number of hydrogen-bond acceptors (Lipinski definition) is 15. The van der Waals surface area contributed by atoms with Crippen molar-refractivity contribution in [2.45, 2.75) is 88.1 Å². The largest absolute Gasteiger partial charge is 0.497 e. The molecule has 23 heteroatoms. The number of methoxy groups -OCH3 is 2. The highest BCUT2D eigenvalue weighted by atomic mass is 35.5. The lowest BCUT2D eigenvalue weighted by atomic mass is 10.0. The molecule has 4 aromatic rings. The van der Waals surface area contributed by atoms with Crippen molar-refractivity contribution in [1.29, 1.82) is 0 Å². The Morgan fingerprint density at radius 3 is 1.32 bits per heavy atom. The van der Waals surface area contributed by atoms with Crippen LogP contribution < -0.4 is 20.5 Å². The van der Waals surface area contributed by atoms with Crippen LogP contribution in [0.1, 0.15) is 81.8 Å². The van der Waals surface area contributed by atoms with Gasteiger partial charge in [-0.05, 0) is 164 Å². The van der Waals surface area contributed by atoms with E-state index in [1.54, 1.807) is 76.2 Å². The van der Waals surface area contributed by atoms with Crippen molar-refractivity contribution in [1.82, 2.24) is 38.2 Å². The highest BCUT2D eigenvalue weighted by Crippen LogP contribution is 2.29. The second-order valence-corrected chi connectivity index (χ2v) is 23.5. The molecule has 2 aromatic heterocycles. The zero-order chi connectivity index (χ0) is 55.9. The number of aryl methyl sites for hydroxylation is 4. The Balaban J connectivity index is 0.000000269. The van der Waals surface area contributed by atoms with Crippen molar-refractivity contribution in [3.05, 3.63) is 94.6 Å². The number of hydrogen-bond donors (Lipinski definition) is 2. The first kappa shape index (κ1) is 61.8. The minimum Gasteiger partial charge on any atom is -0.497 e. The molecule has 0 atom stereocenters. The number of pyridine rings is 2. The number of nitrogens with zero attached hydrogens (tertiary/aromatic N) is 8. The maximum atomic E-state index is 13.1. The summed E-state index contributed by atoms with van der Waals surface area (Å²) in [4.78, 5) is 65.1. The van der Waals surface area contributed by atoms with Crippen molar-refractivity contribution in [2.24, 2.45) is 0 Å². The summed E-state index contributed by atoms with van der Waals surface area (Å²) in [6, 6.07) is 14.4. The van der Waals surface area contributed by atoms with Crippen LogP contribution in [0.3, 0.4) is 0 Å². The molecule has 75 heavy (non-hydrogen) atoms. The summed E-state index contributed by atoms with van der Waals surface area (Å²) >= 11 is 5.24. The van der Waals surface area contributed by atoms with Crippen LogP contribution in [0.5, 0.6) is 11.5 Å². The summed E-state index contributed by atoms with van der Waals surface area (Å²) in [7, 11) is 6.78. The van der Waals surface area contributed by atoms with Gasteiger partial charge in [0, 0.05) is 78.3 Å². The third kappa shape index (κ3) is 17.1. The number of piperidine rings is 2. The minimum absolute atomic E-state index is 0.00593. The van der Waals surface area contributed by atoms with Crippen LogP contribution in [-0.2, 0) is 29.6 Å². The molecule has 2 aromatic carbocycles. The van der Waals surface area contributed by atoms with Crippen molar-refractivity contribution in [3.8, 4) is 11.5 Å². The predicted molar refractivity (Wildman–Crippen MR) is 291 cm³/mol. The summed E-state index contributed by atoms with van der Waals surface area (Å²) in [5.74, 6) is 0.735. The number of carbonyl (C=O) groups is 4. The molecular weight excluding hydrogens is 1020 g/mol. The van der Waals surface area contributed by atoms with Gasteiger partial charge in [0.05, 0.1) is 47.8 Å². The molecule has 2 saturated heterocycles. The predicted octanol–water partition coefficient (Wildman–Crippen LogP) is 5.44. The summed E-state index contributed by atoms with van der Waals surface area (Å²) in [6.07, 6.45) is 6.81. The molecule has 0 radical (unpaired) electrons. The fourth-order valence-corrected chi connectivity index (χ4v) is 12.0. The van der Waals surface area contributed by atoms with Crippen LogP contribution in [0, 0.1) is 27.7 Å². The standard InChI is InChI=1S/C26H37N5O5S.C13H18ClNO4S.C13H20N4O/c1-18-15-22(36-6)16-19(2)25(18)37(34,35)30(5)12-11-24(32)28-20-7-8-23(27-17-20)26(33)31-13-9-21(10-14-31)29(3)4;1-9-7-11(19-4)8-10(2)13(9)20(17,18)15(3)6-5-12(14)16;1-16(2)11-5-7-17(8-6-11)13(18)12-4-3-10(14)9-15-12/h7-8,15-17,21H,9-14H2,1-6H3,(H,28,32);7-8H,5-6H2,1-4H3;3-4,9,11H,5-8,14H2,1-2H3. The maximum Gasteiger partial charge on any atom is 0.272 e. The number of nitrogens with two attached hydrogens (primary N) is 1. The molecule has 4 heterocycles. The third-order valence-electron chi connectivity index (χ3n) is 13.2. The molecule has 2 fully saturated rings. The van der Waals surface area contributed by atoms with Crippen LogP contribution in [0.4, 0.5) is 11.4 Å². The van der Waals surface area contributed by atoms with Gasteiger partial charge < -0.3 is 40.1 Å². The van der Waals surface area contributed by atoms with Gasteiger partial charge in [-0.1, -0.05) is 0 Å². The molecule has 0 saturated carbocycles. The van der Waals surface area contributed by atoms with Gasteiger partial charge in [-0.15, -0.1) is 0 Å². The number of nitrogen functional groups attached to an aromatic ring is 1. The molecule has 0 bridgehead atoms. The van der Waals surface area contributed by atoms with Gasteiger partial charge in [0.25, 0.3) is 11.8 Å². The Morgan fingerprint density at radius 1 is 0.627 bits per heavy atom. The van der Waals surface area contributed by atoms with Crippen LogP contribution in [-0.4, -0.2) is 186 Å². The SMILES string of the molecule is CN(C)C1CCN(C(=O)c2ccc(N)cn2)CC1.COc1cc(C)c(S(=O)(=O)N(C)CCC(=O)Cl)c(C)c1.COc1cc(C)c(S(=O)(=O)N(C)CCC(=O)Nc2ccc(C(=O)N3CCC(N(C)C)CC3)nc2)c(C)c1. The van der Waals surface area contributed by atoms with E-state index in [-0.39, 0.29) is 53.4 Å². The molecule has 0 aliphatic carbocycles. The van der Waals surface area contributed by atoms with Gasteiger partial charge in [0.15, 0.2) is 0 Å². The Bertz CT molecular complexity index is 2770. The van der Waals surface area contributed by atoms with E-state index in [0.717, 1.165) is 43.1 Å². The fourth-order valence-electron chi connectivity index (χ4n) is 8.77. The van der Waals surface area contributed by atoms with Gasteiger partial charge in [0.1, 0.15) is 22.9 Å². The van der Waals surface area contributed by atoms with E-state index in [4.69, 9.17) is 26.8 Å². The minimum atomic E-state index is -3.79.